The fraction of sp³-hybridized carbons (Fsp3) is 0.387. The van der Waals surface area contributed by atoms with Crippen LogP contribution in [-0.2, 0) is 21.1 Å². The monoisotopic (exact) mass is 649 g/mol. The molecule has 0 spiro atoms. The van der Waals surface area contributed by atoms with Crippen LogP contribution in [0.15, 0.2) is 71.6 Å². The maximum absolute atomic E-state index is 13.4. The minimum Gasteiger partial charge on any atom is -0.488 e. The van der Waals surface area contributed by atoms with Gasteiger partial charge >= 0.3 is 12.9 Å². The quantitative estimate of drug-likeness (QED) is 0.230. The number of sulfone groups is 1. The summed E-state index contributed by atoms with van der Waals surface area (Å²) in [6.07, 6.45) is -3.70. The third-order valence-corrected chi connectivity index (χ3v) is 9.35. The highest BCUT2D eigenvalue weighted by molar-refractivity contribution is 7.91. The number of ether oxygens (including phenoxy) is 4. The average Bonchev–Trinajstić information content (AvgIpc) is 3.56. The lowest BCUT2D eigenvalue weighted by molar-refractivity contribution is -0.286. The van der Waals surface area contributed by atoms with E-state index in [2.05, 4.69) is 25.6 Å². The Morgan fingerprint density at radius 3 is 2.44 bits per heavy atom. The van der Waals surface area contributed by atoms with Crippen LogP contribution in [0.1, 0.15) is 36.9 Å². The molecule has 0 bridgehead atoms. The van der Waals surface area contributed by atoms with Gasteiger partial charge in [0.15, 0.2) is 21.3 Å². The first kappa shape index (κ1) is 32.3. The zero-order valence-corrected chi connectivity index (χ0v) is 25.0. The number of hydrogen-bond donors (Lipinski definition) is 1. The predicted octanol–water partition coefficient (Wildman–Crippen LogP) is 5.81. The van der Waals surface area contributed by atoms with E-state index in [0.717, 1.165) is 16.8 Å². The summed E-state index contributed by atoms with van der Waals surface area (Å²) in [5.41, 5.74) is 2.43. The SMILES string of the molecule is CCS(=O)(=O)c1ccc(C(CC#N)NCc2ccc(N3C[C@@H](Oc4ccc5c(c4)OC(F)(F)O5)C[C@H]3COC(F)F)cc2)cc1. The highest BCUT2D eigenvalue weighted by Crippen LogP contribution is 2.43. The normalized spacial score (nSPS) is 19.4. The van der Waals surface area contributed by atoms with Crippen molar-refractivity contribution >= 4 is 15.5 Å². The van der Waals surface area contributed by atoms with Crippen molar-refractivity contribution in [2.24, 2.45) is 0 Å². The van der Waals surface area contributed by atoms with Gasteiger partial charge in [0.1, 0.15) is 11.9 Å². The molecule has 1 saturated heterocycles. The zero-order chi connectivity index (χ0) is 32.2. The van der Waals surface area contributed by atoms with Gasteiger partial charge in [0.05, 0.1) is 42.3 Å². The van der Waals surface area contributed by atoms with Crippen molar-refractivity contribution in [1.29, 1.82) is 5.26 Å². The van der Waals surface area contributed by atoms with E-state index in [4.69, 9.17) is 4.74 Å². The van der Waals surface area contributed by atoms with Crippen LogP contribution in [0, 0.1) is 11.3 Å². The molecule has 240 valence electrons. The van der Waals surface area contributed by atoms with Crippen LogP contribution in [-0.4, -0.2) is 52.4 Å². The van der Waals surface area contributed by atoms with E-state index in [1.807, 2.05) is 29.2 Å². The molecular weight excluding hydrogens is 618 g/mol. The lowest BCUT2D eigenvalue weighted by atomic mass is 10.0. The van der Waals surface area contributed by atoms with Crippen LogP contribution in [0.4, 0.5) is 23.2 Å². The van der Waals surface area contributed by atoms with Crippen LogP contribution in [0.5, 0.6) is 17.2 Å². The van der Waals surface area contributed by atoms with Crippen molar-refractivity contribution in [2.45, 2.75) is 62.3 Å². The lowest BCUT2D eigenvalue weighted by Crippen LogP contribution is -2.34. The number of rotatable bonds is 13. The van der Waals surface area contributed by atoms with E-state index in [1.165, 1.54) is 18.2 Å². The van der Waals surface area contributed by atoms with Gasteiger partial charge in [0, 0.05) is 30.8 Å². The second-order valence-corrected chi connectivity index (χ2v) is 12.9. The smallest absolute Gasteiger partial charge is 0.488 e. The van der Waals surface area contributed by atoms with E-state index in [1.54, 1.807) is 31.2 Å². The molecule has 0 saturated carbocycles. The molecule has 0 radical (unpaired) electrons. The van der Waals surface area contributed by atoms with E-state index < -0.39 is 34.9 Å². The number of fused-ring (bicyclic) bond motifs is 1. The summed E-state index contributed by atoms with van der Waals surface area (Å²) in [5, 5.41) is 12.7. The van der Waals surface area contributed by atoms with Gasteiger partial charge < -0.3 is 29.2 Å². The average molecular weight is 650 g/mol. The Kier molecular flexibility index (Phi) is 9.71. The van der Waals surface area contributed by atoms with E-state index in [9.17, 15) is 31.2 Å². The fourth-order valence-electron chi connectivity index (χ4n) is 5.33. The summed E-state index contributed by atoms with van der Waals surface area (Å²) < 4.78 is 96.4. The molecule has 0 amide bonds. The molecule has 1 N–H and O–H groups in total. The third-order valence-electron chi connectivity index (χ3n) is 7.60. The largest absolute Gasteiger partial charge is 0.586 e. The Morgan fingerprint density at radius 1 is 1.07 bits per heavy atom. The Balaban J connectivity index is 1.24. The van der Waals surface area contributed by atoms with Gasteiger partial charge in [0.2, 0.25) is 0 Å². The lowest BCUT2D eigenvalue weighted by Gasteiger charge is -2.26. The zero-order valence-electron chi connectivity index (χ0n) is 24.2. The summed E-state index contributed by atoms with van der Waals surface area (Å²) >= 11 is 0. The second kappa shape index (κ2) is 13.5. The van der Waals surface area contributed by atoms with Crippen LogP contribution < -0.4 is 24.4 Å². The number of halogens is 4. The van der Waals surface area contributed by atoms with Crippen molar-refractivity contribution in [3.05, 3.63) is 77.9 Å². The molecule has 45 heavy (non-hydrogen) atoms. The van der Waals surface area contributed by atoms with Gasteiger partial charge in [-0.05, 0) is 47.5 Å². The van der Waals surface area contributed by atoms with Crippen molar-refractivity contribution < 1.29 is 44.9 Å². The first-order valence-corrected chi connectivity index (χ1v) is 15.9. The van der Waals surface area contributed by atoms with Gasteiger partial charge in [-0.3, -0.25) is 0 Å². The van der Waals surface area contributed by atoms with E-state index in [-0.39, 0.29) is 47.0 Å². The molecule has 2 heterocycles. The topological polar surface area (TPSA) is 110 Å². The van der Waals surface area contributed by atoms with Crippen LogP contribution in [0.3, 0.4) is 0 Å². The summed E-state index contributed by atoms with van der Waals surface area (Å²) in [6.45, 7) is -0.870. The Hall–Kier alpha value is -4.06. The number of nitrogens with one attached hydrogen (secondary N) is 1. The van der Waals surface area contributed by atoms with Gasteiger partial charge in [-0.1, -0.05) is 31.2 Å². The van der Waals surface area contributed by atoms with Crippen LogP contribution >= 0.6 is 0 Å². The molecule has 9 nitrogen and oxygen atoms in total. The number of hydrogen-bond acceptors (Lipinski definition) is 9. The molecular formula is C31H31F4N3O6S. The molecule has 0 aliphatic carbocycles. The predicted molar refractivity (Wildman–Crippen MR) is 155 cm³/mol. The number of nitriles is 1. The van der Waals surface area contributed by atoms with Crippen molar-refractivity contribution in [3.63, 3.8) is 0 Å². The Labute approximate surface area is 258 Å². The van der Waals surface area contributed by atoms with Crippen molar-refractivity contribution in [1.82, 2.24) is 5.32 Å². The van der Waals surface area contributed by atoms with Crippen LogP contribution in [0.25, 0.3) is 0 Å². The number of alkyl halides is 4. The molecule has 2 aliphatic rings. The molecule has 2 aliphatic heterocycles. The molecule has 3 atom stereocenters. The molecule has 1 fully saturated rings. The number of nitrogens with zero attached hydrogens (tertiary/aromatic N) is 2. The first-order chi connectivity index (χ1) is 21.5. The third kappa shape index (κ3) is 7.97. The molecule has 3 aromatic carbocycles. The highest BCUT2D eigenvalue weighted by atomic mass is 32.2. The highest BCUT2D eigenvalue weighted by Gasteiger charge is 2.44. The van der Waals surface area contributed by atoms with E-state index in [0.29, 0.717) is 19.5 Å². The van der Waals surface area contributed by atoms with Crippen molar-refractivity contribution in [2.75, 3.05) is 23.8 Å². The van der Waals surface area contributed by atoms with Gasteiger partial charge in [-0.15, -0.1) is 8.78 Å². The van der Waals surface area contributed by atoms with E-state index >= 15 is 0 Å². The Morgan fingerprint density at radius 2 is 1.78 bits per heavy atom. The standard InChI is InChI=1S/C31H31F4N3O6S/c1-2-45(39,40)26-10-5-21(6-11-26)27(13-14-36)37-17-20-3-7-22(8-4-20)38-18-25(15-23(38)19-41-30(32)33)42-24-9-12-28-29(16-24)44-31(34,35)43-28/h3-12,16,23,25,27,30,37H,2,13,15,17-19H2,1H3/t23-,25-,27?/m0/s1. The van der Waals surface area contributed by atoms with Crippen molar-refractivity contribution in [3.8, 4) is 23.3 Å². The summed E-state index contributed by atoms with van der Waals surface area (Å²) in [6, 6.07) is 19.4. The van der Waals surface area contributed by atoms with Gasteiger partial charge in [0.25, 0.3) is 0 Å². The van der Waals surface area contributed by atoms with Crippen LogP contribution in [0.2, 0.25) is 0 Å². The molecule has 1 unspecified atom stereocenters. The minimum atomic E-state index is -3.76. The molecule has 3 aromatic rings. The Bertz CT molecular complexity index is 1620. The first-order valence-electron chi connectivity index (χ1n) is 14.2. The maximum Gasteiger partial charge on any atom is 0.586 e. The summed E-state index contributed by atoms with van der Waals surface area (Å²) in [7, 11) is -3.33. The molecule has 0 aromatic heterocycles. The molecule has 5 rings (SSSR count). The van der Waals surface area contributed by atoms with Gasteiger partial charge in [-0.25, -0.2) is 8.42 Å². The molecule has 14 heteroatoms. The number of anilines is 1. The minimum absolute atomic E-state index is 0.00302. The number of benzene rings is 3. The maximum atomic E-state index is 13.4. The fourth-order valence-corrected chi connectivity index (χ4v) is 6.22. The van der Waals surface area contributed by atoms with Gasteiger partial charge in [-0.2, -0.15) is 14.0 Å². The summed E-state index contributed by atoms with van der Waals surface area (Å²) in [4.78, 5) is 2.13. The second-order valence-electron chi connectivity index (χ2n) is 10.6. The summed E-state index contributed by atoms with van der Waals surface area (Å²) in [5.74, 6) is -0.00722.